The van der Waals surface area contributed by atoms with E-state index in [-0.39, 0.29) is 0 Å². The Bertz CT molecular complexity index is 547. The standard InChI is InChI=1S/C14H17N3O2/c1-18-13-7-10(8-14(15-13)19-2)12-9-11-5-3-4-6-17(11)16-12/h7-9H,3-6H2,1-2H3. The van der Waals surface area contributed by atoms with E-state index in [0.717, 1.165) is 24.2 Å². The lowest BCUT2D eigenvalue weighted by atomic mass is 10.1. The van der Waals surface area contributed by atoms with Gasteiger partial charge in [-0.15, -0.1) is 0 Å². The maximum absolute atomic E-state index is 5.20. The molecule has 0 radical (unpaired) electrons. The van der Waals surface area contributed by atoms with Crippen molar-refractivity contribution in [1.82, 2.24) is 14.8 Å². The molecule has 1 aliphatic rings. The van der Waals surface area contributed by atoms with Crippen LogP contribution in [0.5, 0.6) is 11.8 Å². The average Bonchev–Trinajstić information content (AvgIpc) is 2.90. The number of aromatic nitrogens is 3. The van der Waals surface area contributed by atoms with E-state index in [0.29, 0.717) is 11.8 Å². The molecule has 0 N–H and O–H groups in total. The number of rotatable bonds is 3. The molecule has 0 spiro atoms. The molecule has 3 rings (SSSR count). The van der Waals surface area contributed by atoms with Crippen molar-refractivity contribution in [2.45, 2.75) is 25.8 Å². The van der Waals surface area contributed by atoms with Crippen LogP contribution < -0.4 is 9.47 Å². The quantitative estimate of drug-likeness (QED) is 0.848. The summed E-state index contributed by atoms with van der Waals surface area (Å²) in [5, 5.41) is 4.65. The predicted octanol–water partition coefficient (Wildman–Crippen LogP) is 2.30. The molecule has 3 heterocycles. The summed E-state index contributed by atoms with van der Waals surface area (Å²) in [5.74, 6) is 1.08. The van der Waals surface area contributed by atoms with Gasteiger partial charge in [0, 0.05) is 29.9 Å². The Balaban J connectivity index is 2.03. The molecule has 0 unspecified atom stereocenters. The molecule has 2 aromatic rings. The van der Waals surface area contributed by atoms with Crippen LogP contribution in [0.1, 0.15) is 18.5 Å². The lowest BCUT2D eigenvalue weighted by molar-refractivity contribution is 0.365. The summed E-state index contributed by atoms with van der Waals surface area (Å²) in [6.07, 6.45) is 3.55. The molecule has 0 saturated heterocycles. The Morgan fingerprint density at radius 3 is 2.42 bits per heavy atom. The van der Waals surface area contributed by atoms with Crippen molar-refractivity contribution in [3.8, 4) is 23.0 Å². The second-order valence-corrected chi connectivity index (χ2v) is 4.64. The zero-order chi connectivity index (χ0) is 13.2. The van der Waals surface area contributed by atoms with Crippen LogP contribution in [-0.4, -0.2) is 29.0 Å². The van der Waals surface area contributed by atoms with Crippen LogP contribution in [0, 0.1) is 0 Å². The first-order valence-corrected chi connectivity index (χ1v) is 6.47. The van der Waals surface area contributed by atoms with E-state index in [1.807, 2.05) is 12.1 Å². The Kier molecular flexibility index (Phi) is 3.11. The summed E-state index contributed by atoms with van der Waals surface area (Å²) in [6.45, 7) is 1.01. The van der Waals surface area contributed by atoms with Crippen molar-refractivity contribution in [1.29, 1.82) is 0 Å². The highest BCUT2D eigenvalue weighted by molar-refractivity contribution is 5.62. The molecule has 5 heteroatoms. The fraction of sp³-hybridized carbons (Fsp3) is 0.429. The summed E-state index contributed by atoms with van der Waals surface area (Å²) in [6, 6.07) is 5.92. The predicted molar refractivity (Wildman–Crippen MR) is 71.5 cm³/mol. The molecule has 0 amide bonds. The van der Waals surface area contributed by atoms with Gasteiger partial charge in [0.25, 0.3) is 0 Å². The van der Waals surface area contributed by atoms with Crippen molar-refractivity contribution in [2.24, 2.45) is 0 Å². The first-order valence-electron chi connectivity index (χ1n) is 6.47. The maximum Gasteiger partial charge on any atom is 0.216 e. The van der Waals surface area contributed by atoms with Crippen LogP contribution in [0.3, 0.4) is 0 Å². The van der Waals surface area contributed by atoms with E-state index in [2.05, 4.69) is 20.8 Å². The van der Waals surface area contributed by atoms with Crippen LogP contribution >= 0.6 is 0 Å². The summed E-state index contributed by atoms with van der Waals surface area (Å²) in [5.41, 5.74) is 3.23. The zero-order valence-corrected chi connectivity index (χ0v) is 11.2. The number of hydrogen-bond acceptors (Lipinski definition) is 4. The highest BCUT2D eigenvalue weighted by atomic mass is 16.5. The normalized spacial score (nSPS) is 14.0. The van der Waals surface area contributed by atoms with E-state index in [4.69, 9.17) is 9.47 Å². The second kappa shape index (κ2) is 4.91. The van der Waals surface area contributed by atoms with Crippen molar-refractivity contribution in [2.75, 3.05) is 14.2 Å². The molecule has 0 bridgehead atoms. The van der Waals surface area contributed by atoms with Gasteiger partial charge in [-0.3, -0.25) is 4.68 Å². The summed E-state index contributed by atoms with van der Waals surface area (Å²) >= 11 is 0. The topological polar surface area (TPSA) is 49.2 Å². The minimum atomic E-state index is 0.542. The van der Waals surface area contributed by atoms with Gasteiger partial charge in [0.05, 0.1) is 19.9 Å². The molecule has 0 aliphatic carbocycles. The van der Waals surface area contributed by atoms with Gasteiger partial charge in [0.15, 0.2) is 0 Å². The fourth-order valence-electron chi connectivity index (χ4n) is 2.40. The molecule has 0 fully saturated rings. The third-order valence-electron chi connectivity index (χ3n) is 3.41. The van der Waals surface area contributed by atoms with E-state index < -0.39 is 0 Å². The first kappa shape index (κ1) is 12.0. The largest absolute Gasteiger partial charge is 0.481 e. The minimum absolute atomic E-state index is 0.542. The molecule has 0 atom stereocenters. The van der Waals surface area contributed by atoms with Gasteiger partial charge in [0.2, 0.25) is 11.8 Å². The van der Waals surface area contributed by atoms with Crippen molar-refractivity contribution < 1.29 is 9.47 Å². The van der Waals surface area contributed by atoms with Crippen LogP contribution in [0.4, 0.5) is 0 Å². The van der Waals surface area contributed by atoms with E-state index in [9.17, 15) is 0 Å². The fourth-order valence-corrected chi connectivity index (χ4v) is 2.40. The lowest BCUT2D eigenvalue weighted by Crippen LogP contribution is -2.10. The molecular weight excluding hydrogens is 242 g/mol. The van der Waals surface area contributed by atoms with Gasteiger partial charge in [-0.2, -0.15) is 10.1 Å². The molecular formula is C14H17N3O2. The number of fused-ring (bicyclic) bond motifs is 1. The lowest BCUT2D eigenvalue weighted by Gasteiger charge is -2.11. The van der Waals surface area contributed by atoms with E-state index >= 15 is 0 Å². The summed E-state index contributed by atoms with van der Waals surface area (Å²) < 4.78 is 12.5. The van der Waals surface area contributed by atoms with E-state index in [1.54, 1.807) is 14.2 Å². The first-order chi connectivity index (χ1) is 9.30. The summed E-state index contributed by atoms with van der Waals surface area (Å²) in [7, 11) is 3.20. The van der Waals surface area contributed by atoms with Crippen LogP contribution in [-0.2, 0) is 13.0 Å². The minimum Gasteiger partial charge on any atom is -0.481 e. The summed E-state index contributed by atoms with van der Waals surface area (Å²) in [4.78, 5) is 4.20. The molecule has 0 saturated carbocycles. The maximum atomic E-state index is 5.20. The van der Waals surface area contributed by atoms with E-state index in [1.165, 1.54) is 18.5 Å². The molecule has 100 valence electrons. The number of ether oxygens (including phenoxy) is 2. The second-order valence-electron chi connectivity index (χ2n) is 4.64. The van der Waals surface area contributed by atoms with Gasteiger partial charge < -0.3 is 9.47 Å². The van der Waals surface area contributed by atoms with Gasteiger partial charge in [0.1, 0.15) is 0 Å². The number of nitrogens with zero attached hydrogens (tertiary/aromatic N) is 3. The number of aryl methyl sites for hydroxylation is 2. The Morgan fingerprint density at radius 2 is 1.79 bits per heavy atom. The van der Waals surface area contributed by atoms with Crippen LogP contribution in [0.25, 0.3) is 11.3 Å². The van der Waals surface area contributed by atoms with Crippen LogP contribution in [0.2, 0.25) is 0 Å². The molecule has 0 aromatic carbocycles. The van der Waals surface area contributed by atoms with Gasteiger partial charge in [-0.25, -0.2) is 0 Å². The zero-order valence-electron chi connectivity index (χ0n) is 11.2. The molecule has 1 aliphatic heterocycles. The average molecular weight is 259 g/mol. The van der Waals surface area contributed by atoms with Gasteiger partial charge in [-0.05, 0) is 25.3 Å². The SMILES string of the molecule is COc1cc(-c2cc3n(n2)CCCC3)cc(OC)n1. The smallest absolute Gasteiger partial charge is 0.216 e. The molecule has 19 heavy (non-hydrogen) atoms. The Hall–Kier alpha value is -2.04. The molecule has 5 nitrogen and oxygen atoms in total. The highest BCUT2D eigenvalue weighted by Crippen LogP contribution is 2.28. The van der Waals surface area contributed by atoms with Gasteiger partial charge >= 0.3 is 0 Å². The molecule has 2 aromatic heterocycles. The monoisotopic (exact) mass is 259 g/mol. The number of hydrogen-bond donors (Lipinski definition) is 0. The third-order valence-corrected chi connectivity index (χ3v) is 3.41. The third kappa shape index (κ3) is 2.28. The highest BCUT2D eigenvalue weighted by Gasteiger charge is 2.14. The van der Waals surface area contributed by atoms with Gasteiger partial charge in [-0.1, -0.05) is 0 Å². The van der Waals surface area contributed by atoms with Crippen molar-refractivity contribution in [3.63, 3.8) is 0 Å². The Morgan fingerprint density at radius 1 is 1.05 bits per heavy atom. The number of pyridine rings is 1. The van der Waals surface area contributed by atoms with Crippen molar-refractivity contribution in [3.05, 3.63) is 23.9 Å². The van der Waals surface area contributed by atoms with Crippen molar-refractivity contribution >= 4 is 0 Å². The Labute approximate surface area is 112 Å². The number of methoxy groups -OCH3 is 2. The van der Waals surface area contributed by atoms with Crippen LogP contribution in [0.15, 0.2) is 18.2 Å².